The van der Waals surface area contributed by atoms with Crippen LogP contribution in [0.3, 0.4) is 0 Å². The van der Waals surface area contributed by atoms with Crippen molar-refractivity contribution in [2.24, 2.45) is 0 Å². The third-order valence-corrected chi connectivity index (χ3v) is 4.05. The number of furan rings is 1. The van der Waals surface area contributed by atoms with Crippen LogP contribution in [-0.2, 0) is 5.60 Å². The summed E-state index contributed by atoms with van der Waals surface area (Å²) in [5, 5.41) is 15.0. The van der Waals surface area contributed by atoms with E-state index >= 15 is 0 Å². The second-order valence-electron chi connectivity index (χ2n) is 4.76. The third kappa shape index (κ3) is 3.05. The van der Waals surface area contributed by atoms with Crippen LogP contribution < -0.4 is 5.32 Å². The van der Waals surface area contributed by atoms with Gasteiger partial charge in [-0.05, 0) is 38.3 Å². The number of thiophene rings is 1. The van der Waals surface area contributed by atoms with E-state index in [1.807, 2.05) is 17.5 Å². The zero-order valence-corrected chi connectivity index (χ0v) is 12.0. The van der Waals surface area contributed by atoms with Gasteiger partial charge < -0.3 is 14.8 Å². The highest BCUT2D eigenvalue weighted by atomic mass is 32.1. The Morgan fingerprint density at radius 3 is 2.79 bits per heavy atom. The van der Waals surface area contributed by atoms with Crippen LogP contribution in [0.25, 0.3) is 0 Å². The molecule has 2 heterocycles. The van der Waals surface area contributed by atoms with E-state index in [1.54, 1.807) is 26.8 Å². The van der Waals surface area contributed by atoms with E-state index in [0.717, 1.165) is 4.88 Å². The van der Waals surface area contributed by atoms with Crippen LogP contribution >= 0.6 is 11.3 Å². The number of hydrogen-bond acceptors (Lipinski definition) is 4. The van der Waals surface area contributed by atoms with Gasteiger partial charge in [0.15, 0.2) is 0 Å². The van der Waals surface area contributed by atoms with Crippen LogP contribution in [-0.4, -0.2) is 17.6 Å². The third-order valence-electron chi connectivity index (χ3n) is 2.93. The minimum absolute atomic E-state index is 0.163. The number of hydrogen-bond donors (Lipinski definition) is 2. The van der Waals surface area contributed by atoms with Gasteiger partial charge in [-0.25, -0.2) is 0 Å². The van der Waals surface area contributed by atoms with Gasteiger partial charge in [0.25, 0.3) is 5.91 Å². The van der Waals surface area contributed by atoms with E-state index in [9.17, 15) is 9.90 Å². The second kappa shape index (κ2) is 5.19. The standard InChI is InChI=1S/C14H17NO3S/c1-9-7-11(10(2)18-9)13(16)15-8-14(3,17)12-5-4-6-19-12/h4-7,17H,8H2,1-3H3,(H,15,16)/t14-/m0/s1. The Kier molecular flexibility index (Phi) is 3.78. The van der Waals surface area contributed by atoms with Gasteiger partial charge in [-0.3, -0.25) is 4.79 Å². The van der Waals surface area contributed by atoms with Crippen molar-refractivity contribution >= 4 is 17.2 Å². The molecule has 2 N–H and O–H groups in total. The van der Waals surface area contributed by atoms with Crippen LogP contribution in [0.2, 0.25) is 0 Å². The number of amides is 1. The molecule has 19 heavy (non-hydrogen) atoms. The average Bonchev–Trinajstić information content (AvgIpc) is 2.96. The lowest BCUT2D eigenvalue weighted by molar-refractivity contribution is 0.0556. The zero-order chi connectivity index (χ0) is 14.0. The molecular weight excluding hydrogens is 262 g/mol. The maximum absolute atomic E-state index is 12.0. The number of carbonyl (C=O) groups is 1. The summed E-state index contributed by atoms with van der Waals surface area (Å²) in [6.45, 7) is 5.40. The summed E-state index contributed by atoms with van der Waals surface area (Å²) < 4.78 is 5.32. The summed E-state index contributed by atoms with van der Waals surface area (Å²) in [6.07, 6.45) is 0. The van der Waals surface area contributed by atoms with Crippen molar-refractivity contribution in [3.63, 3.8) is 0 Å². The van der Waals surface area contributed by atoms with Gasteiger partial charge in [-0.2, -0.15) is 0 Å². The molecule has 0 unspecified atom stereocenters. The summed E-state index contributed by atoms with van der Waals surface area (Å²) in [5.41, 5.74) is -0.546. The van der Waals surface area contributed by atoms with Gasteiger partial charge >= 0.3 is 0 Å². The predicted octanol–water partition coefficient (Wildman–Crippen LogP) is 2.60. The molecule has 0 aromatic carbocycles. The Balaban J connectivity index is 2.03. The molecule has 0 saturated carbocycles. The molecule has 1 amide bonds. The Morgan fingerprint density at radius 2 is 2.26 bits per heavy atom. The maximum atomic E-state index is 12.0. The van der Waals surface area contributed by atoms with Crippen molar-refractivity contribution in [1.29, 1.82) is 0 Å². The molecule has 102 valence electrons. The van der Waals surface area contributed by atoms with Crippen LogP contribution in [0.4, 0.5) is 0 Å². The van der Waals surface area contributed by atoms with Crippen molar-refractivity contribution in [3.8, 4) is 0 Å². The number of aliphatic hydroxyl groups is 1. The van der Waals surface area contributed by atoms with Crippen LogP contribution in [0.5, 0.6) is 0 Å². The van der Waals surface area contributed by atoms with Crippen LogP contribution in [0.1, 0.15) is 33.7 Å². The van der Waals surface area contributed by atoms with Gasteiger partial charge in [0.1, 0.15) is 17.1 Å². The van der Waals surface area contributed by atoms with Crippen molar-refractivity contribution in [1.82, 2.24) is 5.32 Å². The highest BCUT2D eigenvalue weighted by Gasteiger charge is 2.25. The molecule has 0 spiro atoms. The van der Waals surface area contributed by atoms with E-state index in [4.69, 9.17) is 4.42 Å². The molecule has 4 nitrogen and oxygen atoms in total. The van der Waals surface area contributed by atoms with Gasteiger partial charge in [0, 0.05) is 4.88 Å². The van der Waals surface area contributed by atoms with Gasteiger partial charge in [-0.1, -0.05) is 6.07 Å². The van der Waals surface area contributed by atoms with E-state index in [-0.39, 0.29) is 12.5 Å². The Labute approximate surface area is 116 Å². The van der Waals surface area contributed by atoms with Crippen molar-refractivity contribution in [3.05, 3.63) is 45.5 Å². The molecule has 0 radical (unpaired) electrons. The summed E-state index contributed by atoms with van der Waals surface area (Å²) in [4.78, 5) is 12.8. The molecule has 0 aliphatic heterocycles. The number of aryl methyl sites for hydroxylation is 2. The number of carbonyl (C=O) groups excluding carboxylic acids is 1. The lowest BCUT2D eigenvalue weighted by Gasteiger charge is -2.22. The summed E-state index contributed by atoms with van der Waals surface area (Å²) in [6, 6.07) is 5.43. The largest absolute Gasteiger partial charge is 0.466 e. The zero-order valence-electron chi connectivity index (χ0n) is 11.2. The molecule has 2 rings (SSSR count). The Hall–Kier alpha value is -1.59. The van der Waals surface area contributed by atoms with Gasteiger partial charge in [0.05, 0.1) is 12.1 Å². The van der Waals surface area contributed by atoms with E-state index in [0.29, 0.717) is 17.1 Å². The maximum Gasteiger partial charge on any atom is 0.254 e. The SMILES string of the molecule is Cc1cc(C(=O)NC[C@](C)(O)c2cccs2)c(C)o1. The van der Waals surface area contributed by atoms with Gasteiger partial charge in [0.2, 0.25) is 0 Å². The van der Waals surface area contributed by atoms with E-state index in [2.05, 4.69) is 5.32 Å². The molecule has 5 heteroatoms. The fraction of sp³-hybridized carbons (Fsp3) is 0.357. The van der Waals surface area contributed by atoms with E-state index < -0.39 is 5.60 Å². The average molecular weight is 279 g/mol. The normalized spacial score (nSPS) is 14.1. The van der Waals surface area contributed by atoms with Gasteiger partial charge in [-0.15, -0.1) is 11.3 Å². The fourth-order valence-corrected chi connectivity index (χ4v) is 2.66. The minimum atomic E-state index is -1.06. The first kappa shape index (κ1) is 13.8. The van der Waals surface area contributed by atoms with Crippen molar-refractivity contribution < 1.29 is 14.3 Å². The number of rotatable bonds is 4. The second-order valence-corrected chi connectivity index (χ2v) is 5.71. The first-order valence-corrected chi connectivity index (χ1v) is 6.90. The number of nitrogens with one attached hydrogen (secondary N) is 1. The van der Waals surface area contributed by atoms with E-state index in [1.165, 1.54) is 11.3 Å². The quantitative estimate of drug-likeness (QED) is 0.904. The molecule has 0 saturated heterocycles. The smallest absolute Gasteiger partial charge is 0.254 e. The van der Waals surface area contributed by atoms with Crippen molar-refractivity contribution in [2.75, 3.05) is 6.54 Å². The monoisotopic (exact) mass is 279 g/mol. The fourth-order valence-electron chi connectivity index (χ4n) is 1.88. The lowest BCUT2D eigenvalue weighted by atomic mass is 10.1. The highest BCUT2D eigenvalue weighted by molar-refractivity contribution is 7.10. The first-order chi connectivity index (χ1) is 8.90. The molecule has 2 aromatic rings. The first-order valence-electron chi connectivity index (χ1n) is 6.02. The molecular formula is C14H17NO3S. The summed E-state index contributed by atoms with van der Waals surface area (Å²) in [7, 11) is 0. The lowest BCUT2D eigenvalue weighted by Crippen LogP contribution is -2.38. The Bertz CT molecular complexity index is 570. The highest BCUT2D eigenvalue weighted by Crippen LogP contribution is 2.24. The molecule has 0 fully saturated rings. The van der Waals surface area contributed by atoms with Crippen LogP contribution in [0.15, 0.2) is 28.0 Å². The summed E-state index contributed by atoms with van der Waals surface area (Å²) >= 11 is 1.46. The predicted molar refractivity (Wildman–Crippen MR) is 74.4 cm³/mol. The summed E-state index contributed by atoms with van der Waals surface area (Å²) in [5.74, 6) is 1.06. The van der Waals surface area contributed by atoms with Crippen LogP contribution in [0, 0.1) is 13.8 Å². The molecule has 2 aromatic heterocycles. The molecule has 0 aliphatic rings. The minimum Gasteiger partial charge on any atom is -0.466 e. The molecule has 1 atom stereocenters. The van der Waals surface area contributed by atoms with Crippen molar-refractivity contribution in [2.45, 2.75) is 26.4 Å². The molecule has 0 aliphatic carbocycles. The molecule has 0 bridgehead atoms. The topological polar surface area (TPSA) is 62.5 Å². The Morgan fingerprint density at radius 1 is 1.53 bits per heavy atom.